The van der Waals surface area contributed by atoms with E-state index in [1.54, 1.807) is 0 Å². The summed E-state index contributed by atoms with van der Waals surface area (Å²) in [5, 5.41) is 3.25. The summed E-state index contributed by atoms with van der Waals surface area (Å²) in [6.07, 6.45) is 3.27. The number of piperidine rings is 1. The van der Waals surface area contributed by atoms with Gasteiger partial charge in [0.15, 0.2) is 0 Å². The quantitative estimate of drug-likeness (QED) is 0.874. The highest BCUT2D eigenvalue weighted by molar-refractivity contribution is 5.84. The van der Waals surface area contributed by atoms with Crippen LogP contribution in [0.2, 0.25) is 0 Å². The van der Waals surface area contributed by atoms with Crippen LogP contribution in [-0.2, 0) is 4.79 Å². The second-order valence-corrected chi connectivity index (χ2v) is 6.60. The van der Waals surface area contributed by atoms with Crippen molar-refractivity contribution < 1.29 is 4.79 Å². The van der Waals surface area contributed by atoms with E-state index in [4.69, 9.17) is 0 Å². The Morgan fingerprint density at radius 2 is 1.91 bits per heavy atom. The monoisotopic (exact) mass is 302 g/mol. The number of amides is 1. The Morgan fingerprint density at radius 1 is 1.27 bits per heavy atom. The predicted molar refractivity (Wildman–Crippen MR) is 91.9 cm³/mol. The Bertz CT molecular complexity index is 452. The standard InChI is InChI=1S/C19H30N2O/c1-4-15(2)18(17-8-6-5-7-9-17)19(22)21-12-10-16(11-13-21)14-20-3/h5-9,15-16,18,20H,4,10-14H2,1-3H3. The van der Waals surface area contributed by atoms with Crippen LogP contribution in [0, 0.1) is 11.8 Å². The molecule has 2 atom stereocenters. The number of hydrogen-bond donors (Lipinski definition) is 1. The van der Waals surface area contributed by atoms with Crippen molar-refractivity contribution >= 4 is 5.91 Å². The van der Waals surface area contributed by atoms with E-state index in [9.17, 15) is 4.79 Å². The number of nitrogens with zero attached hydrogens (tertiary/aromatic N) is 1. The van der Waals surface area contributed by atoms with Crippen LogP contribution in [0.15, 0.2) is 30.3 Å². The van der Waals surface area contributed by atoms with Gasteiger partial charge in [-0.3, -0.25) is 4.79 Å². The molecule has 0 bridgehead atoms. The number of hydrogen-bond acceptors (Lipinski definition) is 2. The van der Waals surface area contributed by atoms with E-state index in [0.717, 1.165) is 38.9 Å². The second kappa shape index (κ2) is 8.33. The molecule has 3 heteroatoms. The Balaban J connectivity index is 2.07. The van der Waals surface area contributed by atoms with Gasteiger partial charge in [0.2, 0.25) is 5.91 Å². The lowest BCUT2D eigenvalue weighted by atomic mass is 9.83. The number of nitrogens with one attached hydrogen (secondary N) is 1. The number of carbonyl (C=O) groups excluding carboxylic acids is 1. The Labute approximate surface area is 135 Å². The van der Waals surface area contributed by atoms with Crippen molar-refractivity contribution in [3.05, 3.63) is 35.9 Å². The van der Waals surface area contributed by atoms with Crippen molar-refractivity contribution in [2.24, 2.45) is 11.8 Å². The molecule has 0 aliphatic carbocycles. The van der Waals surface area contributed by atoms with E-state index in [0.29, 0.717) is 17.7 Å². The average molecular weight is 302 g/mol. The summed E-state index contributed by atoms with van der Waals surface area (Å²) in [4.78, 5) is 15.2. The molecule has 2 rings (SSSR count). The number of likely N-dealkylation sites (tertiary alicyclic amines) is 1. The maximum atomic E-state index is 13.1. The zero-order valence-corrected chi connectivity index (χ0v) is 14.2. The topological polar surface area (TPSA) is 32.3 Å². The number of rotatable bonds is 6. The molecule has 3 nitrogen and oxygen atoms in total. The third-order valence-corrected chi connectivity index (χ3v) is 5.06. The van der Waals surface area contributed by atoms with Crippen LogP contribution in [0.4, 0.5) is 0 Å². The number of benzene rings is 1. The van der Waals surface area contributed by atoms with Crippen LogP contribution in [0.25, 0.3) is 0 Å². The highest BCUT2D eigenvalue weighted by atomic mass is 16.2. The molecule has 1 aliphatic rings. The van der Waals surface area contributed by atoms with Gasteiger partial charge in [-0.25, -0.2) is 0 Å². The SMILES string of the molecule is CCC(C)C(C(=O)N1CCC(CNC)CC1)c1ccccc1. The summed E-state index contributed by atoms with van der Waals surface area (Å²) in [5.41, 5.74) is 1.17. The van der Waals surface area contributed by atoms with Crippen molar-refractivity contribution in [1.82, 2.24) is 10.2 Å². The minimum atomic E-state index is 0.00653. The lowest BCUT2D eigenvalue weighted by molar-refractivity contribution is -0.135. The molecule has 1 amide bonds. The molecule has 1 N–H and O–H groups in total. The Kier molecular flexibility index (Phi) is 6.44. The van der Waals surface area contributed by atoms with E-state index in [-0.39, 0.29) is 5.92 Å². The van der Waals surface area contributed by atoms with Gasteiger partial charge in [0.25, 0.3) is 0 Å². The summed E-state index contributed by atoms with van der Waals surface area (Å²) in [6, 6.07) is 10.3. The zero-order chi connectivity index (χ0) is 15.9. The molecule has 2 unspecified atom stereocenters. The van der Waals surface area contributed by atoms with E-state index in [1.807, 2.05) is 25.2 Å². The molecule has 1 fully saturated rings. The molecule has 1 aromatic carbocycles. The van der Waals surface area contributed by atoms with Crippen molar-refractivity contribution in [3.8, 4) is 0 Å². The molecule has 1 heterocycles. The predicted octanol–water partition coefficient (Wildman–Crippen LogP) is 3.27. The molecule has 122 valence electrons. The average Bonchev–Trinajstić information content (AvgIpc) is 2.56. The van der Waals surface area contributed by atoms with Crippen LogP contribution >= 0.6 is 0 Å². The van der Waals surface area contributed by atoms with Gasteiger partial charge in [0.1, 0.15) is 0 Å². The van der Waals surface area contributed by atoms with Gasteiger partial charge in [-0.2, -0.15) is 0 Å². The number of carbonyl (C=O) groups is 1. The molecule has 1 saturated heterocycles. The third kappa shape index (κ3) is 4.10. The fourth-order valence-electron chi connectivity index (χ4n) is 3.45. The molecule has 0 saturated carbocycles. The van der Waals surface area contributed by atoms with Crippen molar-refractivity contribution in [2.45, 2.75) is 39.0 Å². The molecule has 0 aromatic heterocycles. The molecular formula is C19H30N2O. The maximum absolute atomic E-state index is 13.1. The van der Waals surface area contributed by atoms with Gasteiger partial charge >= 0.3 is 0 Å². The first-order valence-corrected chi connectivity index (χ1v) is 8.65. The summed E-state index contributed by atoms with van der Waals surface area (Å²) >= 11 is 0. The fourth-order valence-corrected chi connectivity index (χ4v) is 3.45. The largest absolute Gasteiger partial charge is 0.342 e. The van der Waals surface area contributed by atoms with E-state index in [1.165, 1.54) is 5.56 Å². The highest BCUT2D eigenvalue weighted by Gasteiger charge is 2.31. The minimum absolute atomic E-state index is 0.00653. The van der Waals surface area contributed by atoms with Crippen LogP contribution < -0.4 is 5.32 Å². The van der Waals surface area contributed by atoms with Gasteiger partial charge < -0.3 is 10.2 Å². The van der Waals surface area contributed by atoms with Crippen LogP contribution in [0.3, 0.4) is 0 Å². The first-order valence-electron chi connectivity index (χ1n) is 8.65. The zero-order valence-electron chi connectivity index (χ0n) is 14.2. The lowest BCUT2D eigenvalue weighted by Gasteiger charge is -2.35. The summed E-state index contributed by atoms with van der Waals surface area (Å²) in [6.45, 7) is 7.25. The summed E-state index contributed by atoms with van der Waals surface area (Å²) in [7, 11) is 2.01. The molecule has 1 aromatic rings. The summed E-state index contributed by atoms with van der Waals surface area (Å²) in [5.74, 6) is 1.42. The fraction of sp³-hybridized carbons (Fsp3) is 0.632. The molecule has 0 radical (unpaired) electrons. The molecule has 22 heavy (non-hydrogen) atoms. The first kappa shape index (κ1) is 17.0. The van der Waals surface area contributed by atoms with E-state index in [2.05, 4.69) is 36.2 Å². The Hall–Kier alpha value is -1.35. The van der Waals surface area contributed by atoms with Crippen LogP contribution in [0.5, 0.6) is 0 Å². The highest BCUT2D eigenvalue weighted by Crippen LogP contribution is 2.30. The smallest absolute Gasteiger partial charge is 0.230 e. The van der Waals surface area contributed by atoms with Crippen molar-refractivity contribution in [3.63, 3.8) is 0 Å². The van der Waals surface area contributed by atoms with E-state index >= 15 is 0 Å². The normalized spacial score (nSPS) is 19.0. The van der Waals surface area contributed by atoms with Gasteiger partial charge in [0, 0.05) is 13.1 Å². The van der Waals surface area contributed by atoms with Gasteiger partial charge in [-0.1, -0.05) is 50.6 Å². The van der Waals surface area contributed by atoms with Crippen LogP contribution in [0.1, 0.15) is 44.6 Å². The van der Waals surface area contributed by atoms with Gasteiger partial charge in [0.05, 0.1) is 5.92 Å². The molecule has 1 aliphatic heterocycles. The van der Waals surface area contributed by atoms with E-state index < -0.39 is 0 Å². The van der Waals surface area contributed by atoms with Crippen LogP contribution in [-0.4, -0.2) is 37.5 Å². The molecule has 0 spiro atoms. The lowest BCUT2D eigenvalue weighted by Crippen LogP contribution is -2.43. The maximum Gasteiger partial charge on any atom is 0.230 e. The first-order chi connectivity index (χ1) is 10.7. The second-order valence-electron chi connectivity index (χ2n) is 6.60. The van der Waals surface area contributed by atoms with Crippen molar-refractivity contribution in [2.75, 3.05) is 26.7 Å². The van der Waals surface area contributed by atoms with Gasteiger partial charge in [-0.15, -0.1) is 0 Å². The minimum Gasteiger partial charge on any atom is -0.342 e. The summed E-state index contributed by atoms with van der Waals surface area (Å²) < 4.78 is 0. The van der Waals surface area contributed by atoms with Gasteiger partial charge in [-0.05, 0) is 43.8 Å². The van der Waals surface area contributed by atoms with Crippen molar-refractivity contribution in [1.29, 1.82) is 0 Å². The third-order valence-electron chi connectivity index (χ3n) is 5.06. The Morgan fingerprint density at radius 3 is 2.45 bits per heavy atom. The molecular weight excluding hydrogens is 272 g/mol.